The summed E-state index contributed by atoms with van der Waals surface area (Å²) in [6.45, 7) is 5.73. The summed E-state index contributed by atoms with van der Waals surface area (Å²) in [4.78, 5) is 21.2. The van der Waals surface area contributed by atoms with Crippen LogP contribution in [-0.2, 0) is 6.18 Å². The summed E-state index contributed by atoms with van der Waals surface area (Å²) in [5.74, 6) is -0.841. The number of hydrogen-bond acceptors (Lipinski definition) is 5. The SMILES string of the molecule is C=C(C)c1cnc(-c2cc(C(F)(F)F)ccc2F)cc1Nc1ccncc1C(=O)NC[C@@H](O)CC1CCCC1. The Morgan fingerprint density at radius 3 is 2.56 bits per heavy atom. The van der Waals surface area contributed by atoms with E-state index in [2.05, 4.69) is 27.2 Å². The molecule has 0 radical (unpaired) electrons. The Balaban J connectivity index is 1.59. The average Bonchev–Trinajstić information content (AvgIpc) is 3.40. The Kier molecular flexibility index (Phi) is 8.64. The van der Waals surface area contributed by atoms with Gasteiger partial charge in [0, 0.05) is 41.9 Å². The molecule has 206 valence electrons. The van der Waals surface area contributed by atoms with E-state index in [1.54, 1.807) is 13.0 Å². The molecule has 0 spiro atoms. The summed E-state index contributed by atoms with van der Waals surface area (Å²) in [6, 6.07) is 5.12. The maximum atomic E-state index is 14.6. The number of amides is 1. The number of aliphatic hydroxyl groups is 1. The van der Waals surface area contributed by atoms with Gasteiger partial charge in [-0.05, 0) is 55.2 Å². The number of aliphatic hydroxyl groups excluding tert-OH is 1. The van der Waals surface area contributed by atoms with Crippen molar-refractivity contribution in [2.75, 3.05) is 11.9 Å². The van der Waals surface area contributed by atoms with Crippen LogP contribution in [0.1, 0.15) is 60.5 Å². The number of nitrogens with zero attached hydrogens (tertiary/aromatic N) is 2. The van der Waals surface area contributed by atoms with E-state index in [1.165, 1.54) is 24.7 Å². The van der Waals surface area contributed by atoms with E-state index in [0.717, 1.165) is 31.7 Å². The van der Waals surface area contributed by atoms with Crippen molar-refractivity contribution in [1.82, 2.24) is 15.3 Å². The minimum Gasteiger partial charge on any atom is -0.391 e. The summed E-state index contributed by atoms with van der Waals surface area (Å²) in [5, 5.41) is 16.2. The van der Waals surface area contributed by atoms with Crippen molar-refractivity contribution in [2.45, 2.75) is 51.3 Å². The lowest BCUT2D eigenvalue weighted by Crippen LogP contribution is -2.33. The monoisotopic (exact) mass is 542 g/mol. The third kappa shape index (κ3) is 7.00. The molecule has 10 heteroatoms. The first kappa shape index (κ1) is 28.2. The summed E-state index contributed by atoms with van der Waals surface area (Å²) in [7, 11) is 0. The Bertz CT molecular complexity index is 1350. The maximum absolute atomic E-state index is 14.6. The predicted molar refractivity (Wildman–Crippen MR) is 142 cm³/mol. The number of pyridine rings is 2. The Hall–Kier alpha value is -3.79. The van der Waals surface area contributed by atoms with Gasteiger partial charge in [0.2, 0.25) is 0 Å². The predicted octanol–water partition coefficient (Wildman–Crippen LogP) is 6.75. The van der Waals surface area contributed by atoms with Gasteiger partial charge in [0.05, 0.1) is 28.6 Å². The molecule has 1 atom stereocenters. The van der Waals surface area contributed by atoms with Crippen molar-refractivity contribution in [3.05, 3.63) is 78.0 Å². The third-order valence-electron chi connectivity index (χ3n) is 6.85. The number of carbonyl (C=O) groups is 1. The molecular weight excluding hydrogens is 512 g/mol. The van der Waals surface area contributed by atoms with Crippen LogP contribution in [0.15, 0.2) is 55.5 Å². The minimum absolute atomic E-state index is 0.0267. The molecule has 3 aromatic rings. The highest BCUT2D eigenvalue weighted by Gasteiger charge is 2.31. The first-order chi connectivity index (χ1) is 18.5. The van der Waals surface area contributed by atoms with Crippen LogP contribution in [0.3, 0.4) is 0 Å². The van der Waals surface area contributed by atoms with Gasteiger partial charge in [0.25, 0.3) is 5.91 Å². The first-order valence-corrected chi connectivity index (χ1v) is 12.7. The van der Waals surface area contributed by atoms with Crippen LogP contribution in [0.5, 0.6) is 0 Å². The van der Waals surface area contributed by atoms with Crippen molar-refractivity contribution in [2.24, 2.45) is 5.92 Å². The van der Waals surface area contributed by atoms with Gasteiger partial charge in [-0.25, -0.2) is 4.39 Å². The molecule has 1 aliphatic carbocycles. The Labute approximate surface area is 224 Å². The number of hydrogen-bond donors (Lipinski definition) is 3. The van der Waals surface area contributed by atoms with Crippen molar-refractivity contribution >= 4 is 22.9 Å². The Morgan fingerprint density at radius 2 is 1.87 bits per heavy atom. The minimum atomic E-state index is -4.65. The second-order valence-electron chi connectivity index (χ2n) is 9.88. The van der Waals surface area contributed by atoms with Crippen LogP contribution in [0.2, 0.25) is 0 Å². The van der Waals surface area contributed by atoms with Gasteiger partial charge in [-0.3, -0.25) is 14.8 Å². The van der Waals surface area contributed by atoms with Gasteiger partial charge in [-0.15, -0.1) is 0 Å². The van der Waals surface area contributed by atoms with E-state index < -0.39 is 29.6 Å². The normalized spacial score (nSPS) is 14.7. The fourth-order valence-corrected chi connectivity index (χ4v) is 4.79. The second-order valence-corrected chi connectivity index (χ2v) is 9.88. The van der Waals surface area contributed by atoms with Gasteiger partial charge < -0.3 is 15.7 Å². The smallest absolute Gasteiger partial charge is 0.391 e. The average molecular weight is 543 g/mol. The van der Waals surface area contributed by atoms with Crippen LogP contribution < -0.4 is 10.6 Å². The van der Waals surface area contributed by atoms with Crippen LogP contribution >= 0.6 is 0 Å². The Morgan fingerprint density at radius 1 is 1.13 bits per heavy atom. The fraction of sp³-hybridized carbons (Fsp3) is 0.345. The van der Waals surface area contributed by atoms with Crippen LogP contribution in [0.25, 0.3) is 16.8 Å². The zero-order chi connectivity index (χ0) is 28.2. The lowest BCUT2D eigenvalue weighted by molar-refractivity contribution is -0.137. The molecule has 0 bridgehead atoms. The zero-order valence-corrected chi connectivity index (χ0v) is 21.5. The maximum Gasteiger partial charge on any atom is 0.416 e. The third-order valence-corrected chi connectivity index (χ3v) is 6.85. The van der Waals surface area contributed by atoms with Crippen molar-refractivity contribution in [1.29, 1.82) is 0 Å². The highest BCUT2D eigenvalue weighted by Crippen LogP contribution is 2.35. The summed E-state index contributed by atoms with van der Waals surface area (Å²) in [5.41, 5.74) is 0.704. The number of allylic oxidation sites excluding steroid dienone is 1. The highest BCUT2D eigenvalue weighted by atomic mass is 19.4. The van der Waals surface area contributed by atoms with E-state index in [9.17, 15) is 27.5 Å². The van der Waals surface area contributed by atoms with Gasteiger partial charge >= 0.3 is 6.18 Å². The van der Waals surface area contributed by atoms with E-state index in [1.807, 2.05) is 0 Å². The topological polar surface area (TPSA) is 87.1 Å². The lowest BCUT2D eigenvalue weighted by Gasteiger charge is -2.18. The van der Waals surface area contributed by atoms with E-state index in [0.29, 0.717) is 47.0 Å². The van der Waals surface area contributed by atoms with Crippen molar-refractivity contribution in [3.63, 3.8) is 0 Å². The zero-order valence-electron chi connectivity index (χ0n) is 21.5. The van der Waals surface area contributed by atoms with Crippen LogP contribution in [0, 0.1) is 11.7 Å². The molecule has 3 N–H and O–H groups in total. The number of carbonyl (C=O) groups excluding carboxylic acids is 1. The number of aromatic nitrogens is 2. The van der Waals surface area contributed by atoms with Gasteiger partial charge in [0.1, 0.15) is 5.82 Å². The van der Waals surface area contributed by atoms with Crippen LogP contribution in [-0.4, -0.2) is 33.6 Å². The number of benzene rings is 1. The summed E-state index contributed by atoms with van der Waals surface area (Å²) in [6.07, 6.45) is 4.06. The summed E-state index contributed by atoms with van der Waals surface area (Å²) < 4.78 is 54.4. The van der Waals surface area contributed by atoms with Crippen molar-refractivity contribution in [3.8, 4) is 11.3 Å². The molecule has 39 heavy (non-hydrogen) atoms. The molecule has 1 fully saturated rings. The molecule has 0 unspecified atom stereocenters. The summed E-state index contributed by atoms with van der Waals surface area (Å²) >= 11 is 0. The first-order valence-electron chi connectivity index (χ1n) is 12.7. The molecule has 0 saturated heterocycles. The van der Waals surface area contributed by atoms with Gasteiger partial charge in [0.15, 0.2) is 0 Å². The van der Waals surface area contributed by atoms with E-state index in [4.69, 9.17) is 0 Å². The lowest BCUT2D eigenvalue weighted by atomic mass is 10.00. The number of anilines is 2. The van der Waals surface area contributed by atoms with Gasteiger partial charge in [-0.2, -0.15) is 13.2 Å². The quantitative estimate of drug-likeness (QED) is 0.261. The van der Waals surface area contributed by atoms with E-state index in [-0.39, 0.29) is 23.4 Å². The molecule has 4 rings (SSSR count). The molecule has 2 heterocycles. The standard InChI is InChI=1S/C29H30F4N4O2/c1-17(2)22-16-35-26(21-12-19(29(31,32)33)7-8-24(21)30)13-27(22)37-25-9-10-34-15-23(25)28(39)36-14-20(38)11-18-5-3-4-6-18/h7-10,12-13,15-16,18,20,38H,1,3-6,11,14H2,2H3,(H,36,39)(H,34,35,37)/t20-/m0/s1. The molecular formula is C29H30F4N4O2. The highest BCUT2D eigenvalue weighted by molar-refractivity contribution is 6.00. The molecule has 6 nitrogen and oxygen atoms in total. The largest absolute Gasteiger partial charge is 0.416 e. The van der Waals surface area contributed by atoms with Crippen LogP contribution in [0.4, 0.5) is 28.9 Å². The fourth-order valence-electron chi connectivity index (χ4n) is 4.79. The molecule has 1 saturated carbocycles. The molecule has 1 aliphatic rings. The molecule has 1 amide bonds. The van der Waals surface area contributed by atoms with Gasteiger partial charge in [-0.1, -0.05) is 32.3 Å². The molecule has 0 aliphatic heterocycles. The number of rotatable bonds is 9. The number of alkyl halides is 3. The second kappa shape index (κ2) is 11.9. The number of nitrogens with one attached hydrogen (secondary N) is 2. The van der Waals surface area contributed by atoms with Crippen molar-refractivity contribution < 1.29 is 27.5 Å². The molecule has 2 aromatic heterocycles. The number of halogens is 4. The van der Waals surface area contributed by atoms with E-state index >= 15 is 0 Å². The molecule has 1 aromatic carbocycles.